The molecule has 0 saturated heterocycles. The van der Waals surface area contributed by atoms with Crippen molar-refractivity contribution in [2.24, 2.45) is 0 Å². The number of nitrogen functional groups attached to an aromatic ring is 1. The summed E-state index contributed by atoms with van der Waals surface area (Å²) in [4.78, 5) is 17.6. The van der Waals surface area contributed by atoms with Gasteiger partial charge in [0.1, 0.15) is 5.82 Å². The van der Waals surface area contributed by atoms with Crippen LogP contribution in [0.2, 0.25) is 0 Å². The Balaban J connectivity index is 3.24. The van der Waals surface area contributed by atoms with Crippen molar-refractivity contribution in [1.29, 1.82) is 0 Å². The Bertz CT molecular complexity index is 405. The molecule has 4 heteroatoms. The second kappa shape index (κ2) is 4.12. The smallest absolute Gasteiger partial charge is 0.253 e. The van der Waals surface area contributed by atoms with Crippen molar-refractivity contribution in [2.75, 3.05) is 19.8 Å². The molecule has 0 radical (unpaired) electrons. The summed E-state index contributed by atoms with van der Waals surface area (Å²) in [6.07, 6.45) is 0. The molecule has 16 heavy (non-hydrogen) atoms. The van der Waals surface area contributed by atoms with Crippen LogP contribution in [-0.4, -0.2) is 29.9 Å². The summed E-state index contributed by atoms with van der Waals surface area (Å²) in [7, 11) is 3.44. The lowest BCUT2D eigenvalue weighted by Gasteiger charge is -2.19. The van der Waals surface area contributed by atoms with E-state index in [0.717, 1.165) is 5.69 Å². The first-order chi connectivity index (χ1) is 7.21. The fraction of sp³-hybridized carbons (Fsp3) is 0.500. The van der Waals surface area contributed by atoms with Crippen LogP contribution < -0.4 is 5.73 Å². The highest BCUT2D eigenvalue weighted by molar-refractivity contribution is 5.94. The molecule has 0 saturated carbocycles. The molecular weight excluding hydrogens is 202 g/mol. The van der Waals surface area contributed by atoms with Crippen LogP contribution in [0.4, 0.5) is 5.82 Å². The van der Waals surface area contributed by atoms with Gasteiger partial charge in [0.05, 0.1) is 0 Å². The largest absolute Gasteiger partial charge is 0.384 e. The van der Waals surface area contributed by atoms with Crippen LogP contribution in [0.3, 0.4) is 0 Å². The highest BCUT2D eigenvalue weighted by Crippen LogP contribution is 2.22. The molecule has 1 rings (SSSR count). The number of anilines is 1. The maximum atomic E-state index is 11.8. The average molecular weight is 221 g/mol. The van der Waals surface area contributed by atoms with Crippen molar-refractivity contribution in [3.05, 3.63) is 23.4 Å². The Kier molecular flexibility index (Phi) is 3.21. The number of amides is 1. The lowest BCUT2D eigenvalue weighted by atomic mass is 9.90. The number of hydrogen-bond acceptors (Lipinski definition) is 3. The first-order valence-electron chi connectivity index (χ1n) is 5.21. The molecule has 4 nitrogen and oxygen atoms in total. The molecule has 0 unspecified atom stereocenters. The van der Waals surface area contributed by atoms with Crippen molar-refractivity contribution in [3.8, 4) is 0 Å². The van der Waals surface area contributed by atoms with Crippen molar-refractivity contribution in [1.82, 2.24) is 9.88 Å². The molecule has 0 atom stereocenters. The fourth-order valence-electron chi connectivity index (χ4n) is 1.32. The van der Waals surface area contributed by atoms with Crippen LogP contribution in [0.1, 0.15) is 36.8 Å². The first kappa shape index (κ1) is 12.5. The molecule has 88 valence electrons. The highest BCUT2D eigenvalue weighted by Gasteiger charge is 2.19. The Hall–Kier alpha value is -1.58. The summed E-state index contributed by atoms with van der Waals surface area (Å²) in [5.74, 6) is 0.331. The lowest BCUT2D eigenvalue weighted by Crippen LogP contribution is -2.23. The standard InChI is InChI=1S/C12H19N3O/c1-12(2,3)9-6-8(7-10(13)14-9)11(16)15(4)5/h6-7H,1-5H3,(H2,13,14). The third kappa shape index (κ3) is 2.72. The number of nitrogens with zero attached hydrogens (tertiary/aromatic N) is 2. The molecule has 0 bridgehead atoms. The average Bonchev–Trinajstić information content (AvgIpc) is 2.14. The summed E-state index contributed by atoms with van der Waals surface area (Å²) in [6.45, 7) is 6.12. The van der Waals surface area contributed by atoms with Gasteiger partial charge in [-0.1, -0.05) is 20.8 Å². The Morgan fingerprint density at radius 2 is 1.88 bits per heavy atom. The summed E-state index contributed by atoms with van der Waals surface area (Å²) >= 11 is 0. The normalized spacial score (nSPS) is 11.3. The van der Waals surface area contributed by atoms with E-state index in [1.807, 2.05) is 20.8 Å². The molecule has 1 aromatic heterocycles. The van der Waals surface area contributed by atoms with Gasteiger partial charge in [0.2, 0.25) is 0 Å². The van der Waals surface area contributed by atoms with Gasteiger partial charge in [0.25, 0.3) is 5.91 Å². The Morgan fingerprint density at radius 3 is 2.31 bits per heavy atom. The van der Waals surface area contributed by atoms with Gasteiger partial charge in [-0.2, -0.15) is 0 Å². The molecule has 0 aromatic carbocycles. The van der Waals surface area contributed by atoms with Gasteiger partial charge < -0.3 is 10.6 Å². The van der Waals surface area contributed by atoms with Crippen LogP contribution in [0.25, 0.3) is 0 Å². The van der Waals surface area contributed by atoms with E-state index in [9.17, 15) is 4.79 Å². The molecule has 0 spiro atoms. The third-order valence-electron chi connectivity index (χ3n) is 2.27. The van der Waals surface area contributed by atoms with Crippen LogP contribution in [0.15, 0.2) is 12.1 Å². The minimum atomic E-state index is -0.114. The Labute approximate surface area is 96.5 Å². The van der Waals surface area contributed by atoms with Crippen LogP contribution in [-0.2, 0) is 5.41 Å². The SMILES string of the molecule is CN(C)C(=O)c1cc(N)nc(C(C)(C)C)c1. The van der Waals surface area contributed by atoms with Crippen LogP contribution in [0, 0.1) is 0 Å². The quantitative estimate of drug-likeness (QED) is 0.784. The third-order valence-corrected chi connectivity index (χ3v) is 2.27. The monoisotopic (exact) mass is 221 g/mol. The van der Waals surface area contributed by atoms with E-state index < -0.39 is 0 Å². The van der Waals surface area contributed by atoms with Crippen molar-refractivity contribution in [2.45, 2.75) is 26.2 Å². The lowest BCUT2D eigenvalue weighted by molar-refractivity contribution is 0.0827. The zero-order valence-corrected chi connectivity index (χ0v) is 10.5. The van der Waals surface area contributed by atoms with E-state index in [1.165, 1.54) is 4.90 Å². The molecule has 1 aromatic rings. The van der Waals surface area contributed by atoms with E-state index in [2.05, 4.69) is 4.98 Å². The van der Waals surface area contributed by atoms with E-state index in [-0.39, 0.29) is 11.3 Å². The van der Waals surface area contributed by atoms with Crippen molar-refractivity contribution >= 4 is 11.7 Å². The number of rotatable bonds is 1. The number of carbonyl (C=O) groups excluding carboxylic acids is 1. The van der Waals surface area contributed by atoms with Gasteiger partial charge in [0, 0.05) is 30.8 Å². The minimum Gasteiger partial charge on any atom is -0.384 e. The summed E-state index contributed by atoms with van der Waals surface area (Å²) < 4.78 is 0. The predicted octanol–water partition coefficient (Wildman–Crippen LogP) is 1.66. The molecule has 1 heterocycles. The summed E-state index contributed by atoms with van der Waals surface area (Å²) in [6, 6.07) is 3.41. The molecule has 0 aliphatic carbocycles. The number of nitrogens with two attached hydrogens (primary N) is 1. The van der Waals surface area contributed by atoms with E-state index in [4.69, 9.17) is 5.73 Å². The molecule has 0 aliphatic rings. The minimum absolute atomic E-state index is 0.0559. The summed E-state index contributed by atoms with van der Waals surface area (Å²) in [5, 5.41) is 0. The second-order valence-corrected chi connectivity index (χ2v) is 5.12. The number of carbonyl (C=O) groups is 1. The van der Waals surface area contributed by atoms with E-state index in [0.29, 0.717) is 11.4 Å². The zero-order valence-electron chi connectivity index (χ0n) is 10.5. The number of aromatic nitrogens is 1. The molecule has 0 aliphatic heterocycles. The van der Waals surface area contributed by atoms with Gasteiger partial charge in [0.15, 0.2) is 0 Å². The van der Waals surface area contributed by atoms with Crippen LogP contribution >= 0.6 is 0 Å². The molecule has 2 N–H and O–H groups in total. The highest BCUT2D eigenvalue weighted by atomic mass is 16.2. The first-order valence-corrected chi connectivity index (χ1v) is 5.21. The van der Waals surface area contributed by atoms with Crippen molar-refractivity contribution < 1.29 is 4.79 Å². The maximum absolute atomic E-state index is 11.8. The number of hydrogen-bond donors (Lipinski definition) is 1. The van der Waals surface area contributed by atoms with E-state index >= 15 is 0 Å². The molecule has 0 fully saturated rings. The van der Waals surface area contributed by atoms with Crippen molar-refractivity contribution in [3.63, 3.8) is 0 Å². The maximum Gasteiger partial charge on any atom is 0.253 e. The fourth-order valence-corrected chi connectivity index (χ4v) is 1.32. The molecular formula is C12H19N3O. The zero-order chi connectivity index (χ0) is 12.5. The van der Waals surface area contributed by atoms with Gasteiger partial charge in [-0.05, 0) is 12.1 Å². The van der Waals surface area contributed by atoms with Gasteiger partial charge in [-0.3, -0.25) is 4.79 Å². The van der Waals surface area contributed by atoms with Gasteiger partial charge in [-0.25, -0.2) is 4.98 Å². The van der Waals surface area contributed by atoms with Crippen LogP contribution in [0.5, 0.6) is 0 Å². The van der Waals surface area contributed by atoms with Gasteiger partial charge >= 0.3 is 0 Å². The summed E-state index contributed by atoms with van der Waals surface area (Å²) in [5.41, 5.74) is 7.01. The second-order valence-electron chi connectivity index (χ2n) is 5.12. The Morgan fingerprint density at radius 1 is 1.31 bits per heavy atom. The van der Waals surface area contributed by atoms with E-state index in [1.54, 1.807) is 26.2 Å². The predicted molar refractivity (Wildman–Crippen MR) is 65.4 cm³/mol. The topological polar surface area (TPSA) is 59.2 Å². The number of pyridine rings is 1. The molecule has 1 amide bonds. The van der Waals surface area contributed by atoms with Gasteiger partial charge in [-0.15, -0.1) is 0 Å².